The minimum Gasteiger partial charge on any atom is -0.505 e. The van der Waals surface area contributed by atoms with Crippen molar-refractivity contribution in [3.8, 4) is 0 Å². The topological polar surface area (TPSA) is 121 Å². The van der Waals surface area contributed by atoms with Crippen LogP contribution in [0.2, 0.25) is 5.15 Å². The molecule has 1 aromatic heterocycles. The van der Waals surface area contributed by atoms with Crippen molar-refractivity contribution in [3.63, 3.8) is 0 Å². The third kappa shape index (κ3) is 2.83. The molecule has 0 atom stereocenters. The predicted molar refractivity (Wildman–Crippen MR) is 82.0 cm³/mol. The molecule has 118 valence electrons. The van der Waals surface area contributed by atoms with Gasteiger partial charge in [-0.3, -0.25) is 14.5 Å². The number of hydrogen-bond acceptors (Lipinski definition) is 6. The fraction of sp³-hybridized carbons (Fsp3) is 0. The summed E-state index contributed by atoms with van der Waals surface area (Å²) >= 11 is 5.66. The molecular weight excluding hydrogens is 344 g/mol. The molecular formula is C13H9ClN4O4S. The second kappa shape index (κ2) is 5.52. The number of nitrogens with zero attached hydrogens (tertiary/aromatic N) is 2. The maximum atomic E-state index is 12.2. The number of aliphatic hydroxyl groups is 1. The van der Waals surface area contributed by atoms with E-state index < -0.39 is 27.4 Å². The summed E-state index contributed by atoms with van der Waals surface area (Å²) in [4.78, 5) is 19.6. The van der Waals surface area contributed by atoms with Gasteiger partial charge in [-0.15, -0.1) is 0 Å². The molecule has 23 heavy (non-hydrogen) atoms. The van der Waals surface area contributed by atoms with Crippen molar-refractivity contribution in [1.82, 2.24) is 14.7 Å². The van der Waals surface area contributed by atoms with Crippen LogP contribution in [0.3, 0.4) is 0 Å². The zero-order valence-electron chi connectivity index (χ0n) is 11.3. The Hall–Kier alpha value is -2.65. The van der Waals surface area contributed by atoms with E-state index in [1.165, 1.54) is 30.6 Å². The molecule has 1 amide bonds. The molecule has 3 rings (SSSR count). The van der Waals surface area contributed by atoms with Gasteiger partial charge in [-0.05, 0) is 12.1 Å². The predicted octanol–water partition coefficient (Wildman–Crippen LogP) is 1.29. The van der Waals surface area contributed by atoms with Gasteiger partial charge in [0.25, 0.3) is 15.9 Å². The zero-order valence-corrected chi connectivity index (χ0v) is 12.9. The minimum absolute atomic E-state index is 0.0147. The highest BCUT2D eigenvalue weighted by molar-refractivity contribution is 7.89. The first kappa shape index (κ1) is 15.3. The van der Waals surface area contributed by atoms with Gasteiger partial charge in [0.05, 0.1) is 17.3 Å². The molecule has 8 nitrogen and oxygen atoms in total. The summed E-state index contributed by atoms with van der Waals surface area (Å²) < 4.78 is 26.4. The number of aromatic nitrogens is 2. The Labute approximate surface area is 135 Å². The number of carbonyl (C=O) groups excluding carboxylic acids is 1. The number of anilines is 1. The van der Waals surface area contributed by atoms with Crippen molar-refractivity contribution in [1.29, 1.82) is 0 Å². The Kier molecular flexibility index (Phi) is 3.66. The number of sulfonamides is 1. The van der Waals surface area contributed by atoms with E-state index in [-0.39, 0.29) is 21.4 Å². The first-order valence-electron chi connectivity index (χ1n) is 6.23. The van der Waals surface area contributed by atoms with Crippen LogP contribution in [0.15, 0.2) is 47.3 Å². The molecule has 3 N–H and O–H groups in total. The first-order valence-corrected chi connectivity index (χ1v) is 8.09. The molecule has 0 bridgehead atoms. The fourth-order valence-corrected chi connectivity index (χ4v) is 3.43. The van der Waals surface area contributed by atoms with Crippen molar-refractivity contribution in [3.05, 3.63) is 53.1 Å². The summed E-state index contributed by atoms with van der Waals surface area (Å²) in [5.41, 5.74) is -0.473. The summed E-state index contributed by atoms with van der Waals surface area (Å²) in [6, 6.07) is 5.78. The van der Waals surface area contributed by atoms with Crippen LogP contribution in [-0.4, -0.2) is 29.4 Å². The Morgan fingerprint density at radius 1 is 1.26 bits per heavy atom. The van der Waals surface area contributed by atoms with Gasteiger partial charge in [0.15, 0.2) is 17.3 Å². The number of nitrogens with one attached hydrogen (secondary N) is 2. The second-order valence-corrected chi connectivity index (χ2v) is 6.54. The van der Waals surface area contributed by atoms with E-state index in [1.807, 2.05) is 4.72 Å². The van der Waals surface area contributed by atoms with Crippen LogP contribution in [0.5, 0.6) is 0 Å². The molecule has 1 aliphatic rings. The van der Waals surface area contributed by atoms with Gasteiger partial charge >= 0.3 is 0 Å². The lowest BCUT2D eigenvalue weighted by Gasteiger charge is -2.20. The average Bonchev–Trinajstić information content (AvgIpc) is 2.51. The first-order chi connectivity index (χ1) is 10.9. The number of hydrogen-bond donors (Lipinski definition) is 3. The normalized spacial score (nSPS) is 15.5. The SMILES string of the molecule is O=C(Nc1cncc(Cl)n1)C1=C(O)c2ccccc2S(=O)(=O)N1. The van der Waals surface area contributed by atoms with Crippen LogP contribution in [0.25, 0.3) is 5.76 Å². The van der Waals surface area contributed by atoms with Gasteiger partial charge in [0.1, 0.15) is 5.15 Å². The third-order valence-corrected chi connectivity index (χ3v) is 4.57. The average molecular weight is 353 g/mol. The molecule has 0 saturated heterocycles. The quantitative estimate of drug-likeness (QED) is 0.748. The summed E-state index contributed by atoms with van der Waals surface area (Å²) in [5.74, 6) is -1.36. The van der Waals surface area contributed by atoms with Crippen molar-refractivity contribution < 1.29 is 18.3 Å². The third-order valence-electron chi connectivity index (χ3n) is 2.98. The Morgan fingerprint density at radius 2 is 2.00 bits per heavy atom. The largest absolute Gasteiger partial charge is 0.505 e. The van der Waals surface area contributed by atoms with Gasteiger partial charge in [-0.25, -0.2) is 13.4 Å². The minimum atomic E-state index is -3.96. The van der Waals surface area contributed by atoms with Gasteiger partial charge in [0.2, 0.25) is 0 Å². The number of benzene rings is 1. The van der Waals surface area contributed by atoms with E-state index in [2.05, 4.69) is 15.3 Å². The zero-order chi connectivity index (χ0) is 16.6. The van der Waals surface area contributed by atoms with Crippen LogP contribution in [0.4, 0.5) is 5.82 Å². The van der Waals surface area contributed by atoms with Crippen molar-refractivity contribution in [2.45, 2.75) is 4.90 Å². The maximum Gasteiger partial charge on any atom is 0.277 e. The highest BCUT2D eigenvalue weighted by Gasteiger charge is 2.32. The molecule has 0 unspecified atom stereocenters. The molecule has 0 aliphatic carbocycles. The molecule has 0 saturated carbocycles. The van der Waals surface area contributed by atoms with Gasteiger partial charge < -0.3 is 10.4 Å². The number of halogens is 1. The second-order valence-electron chi connectivity index (χ2n) is 4.51. The van der Waals surface area contributed by atoms with E-state index in [9.17, 15) is 18.3 Å². The van der Waals surface area contributed by atoms with Gasteiger partial charge in [0, 0.05) is 5.56 Å². The van der Waals surface area contributed by atoms with Crippen molar-refractivity contribution >= 4 is 39.1 Å². The summed E-state index contributed by atoms with van der Waals surface area (Å²) in [7, 11) is -3.96. The van der Waals surface area contributed by atoms with Gasteiger partial charge in [-0.1, -0.05) is 23.7 Å². The molecule has 0 spiro atoms. The van der Waals surface area contributed by atoms with E-state index in [4.69, 9.17) is 11.6 Å². The number of carbonyl (C=O) groups is 1. The summed E-state index contributed by atoms with van der Waals surface area (Å²) in [6.07, 6.45) is 2.50. The van der Waals surface area contributed by atoms with Crippen molar-refractivity contribution in [2.75, 3.05) is 5.32 Å². The molecule has 0 radical (unpaired) electrons. The fourth-order valence-electron chi connectivity index (χ4n) is 2.00. The number of fused-ring (bicyclic) bond motifs is 1. The van der Waals surface area contributed by atoms with Crippen LogP contribution < -0.4 is 10.0 Å². The van der Waals surface area contributed by atoms with Crippen molar-refractivity contribution in [2.24, 2.45) is 0 Å². The van der Waals surface area contributed by atoms with Crippen LogP contribution in [0.1, 0.15) is 5.56 Å². The molecule has 1 aliphatic heterocycles. The molecule has 2 aromatic rings. The van der Waals surface area contributed by atoms with E-state index in [0.29, 0.717) is 0 Å². The number of aliphatic hydroxyl groups excluding tert-OH is 1. The van der Waals surface area contributed by atoms with Gasteiger partial charge in [-0.2, -0.15) is 0 Å². The Bertz CT molecular complexity index is 942. The van der Waals surface area contributed by atoms with E-state index >= 15 is 0 Å². The molecule has 2 heterocycles. The lowest BCUT2D eigenvalue weighted by atomic mass is 10.1. The van der Waals surface area contributed by atoms with E-state index in [1.54, 1.807) is 6.07 Å². The van der Waals surface area contributed by atoms with E-state index in [0.717, 1.165) is 0 Å². The highest BCUT2D eigenvalue weighted by atomic mass is 35.5. The Balaban J connectivity index is 2.01. The lowest BCUT2D eigenvalue weighted by molar-refractivity contribution is -0.113. The Morgan fingerprint density at radius 3 is 2.74 bits per heavy atom. The van der Waals surface area contributed by atoms with Crippen LogP contribution in [0, 0.1) is 0 Å². The summed E-state index contributed by atoms with van der Waals surface area (Å²) in [5, 5.41) is 12.5. The van der Waals surface area contributed by atoms with Crippen LogP contribution in [-0.2, 0) is 14.8 Å². The number of rotatable bonds is 2. The molecule has 1 aromatic carbocycles. The standard InChI is InChI=1S/C13H9ClN4O4S/c14-9-5-15-6-10(16-9)17-13(20)11-12(19)7-3-1-2-4-8(7)23(21,22)18-11/h1-6,18-19H,(H,16,17,20). The monoisotopic (exact) mass is 352 g/mol. The molecule has 0 fully saturated rings. The highest BCUT2D eigenvalue weighted by Crippen LogP contribution is 2.29. The number of amides is 1. The lowest BCUT2D eigenvalue weighted by Crippen LogP contribution is -2.35. The van der Waals surface area contributed by atoms with Crippen LogP contribution >= 0.6 is 11.6 Å². The smallest absolute Gasteiger partial charge is 0.277 e. The molecule has 10 heteroatoms. The maximum absolute atomic E-state index is 12.2. The summed E-state index contributed by atoms with van der Waals surface area (Å²) in [6.45, 7) is 0.